The number of aryl methyl sites for hydroxylation is 2. The van der Waals surface area contributed by atoms with Gasteiger partial charge in [-0.25, -0.2) is 4.79 Å². The molecule has 2 atom stereocenters. The molecule has 0 aliphatic heterocycles. The minimum Gasteiger partial charge on any atom is -0.408 e. The summed E-state index contributed by atoms with van der Waals surface area (Å²) in [5.74, 6) is -1.01. The second kappa shape index (κ2) is 10.4. The van der Waals surface area contributed by atoms with E-state index in [4.69, 9.17) is 10.2 Å². The minimum atomic E-state index is -0.656. The molecule has 1 amide bonds. The molecular weight excluding hydrogens is 440 g/mol. The highest BCUT2D eigenvalue weighted by Gasteiger charge is 2.21. The van der Waals surface area contributed by atoms with E-state index < -0.39 is 17.7 Å². The van der Waals surface area contributed by atoms with Crippen molar-refractivity contribution < 1.29 is 9.21 Å². The van der Waals surface area contributed by atoms with Crippen molar-refractivity contribution in [3.63, 3.8) is 0 Å². The van der Waals surface area contributed by atoms with Crippen LogP contribution in [-0.4, -0.2) is 23.1 Å². The van der Waals surface area contributed by atoms with Crippen molar-refractivity contribution >= 4 is 17.0 Å². The van der Waals surface area contributed by atoms with Crippen molar-refractivity contribution in [1.82, 2.24) is 9.88 Å². The Morgan fingerprint density at radius 2 is 1.80 bits per heavy atom. The van der Waals surface area contributed by atoms with Gasteiger partial charge in [-0.3, -0.25) is 9.36 Å². The summed E-state index contributed by atoms with van der Waals surface area (Å²) in [5.41, 5.74) is 12.2. The molecule has 0 bridgehead atoms. The Balaban J connectivity index is 1.43. The second-order valence-corrected chi connectivity index (χ2v) is 8.76. The lowest BCUT2D eigenvalue weighted by atomic mass is 9.95. The summed E-state index contributed by atoms with van der Waals surface area (Å²) in [6.07, 6.45) is 0.925. The first-order chi connectivity index (χ1) is 16.9. The summed E-state index contributed by atoms with van der Waals surface area (Å²) in [6.45, 7) is 2.22. The number of carbonyl (C=O) groups excluding carboxylic acids is 1. The highest BCUT2D eigenvalue weighted by molar-refractivity contribution is 5.81. The van der Waals surface area contributed by atoms with Crippen LogP contribution in [0.25, 0.3) is 22.2 Å². The summed E-state index contributed by atoms with van der Waals surface area (Å²) in [7, 11) is 1.67. The number of amides is 1. The minimum absolute atomic E-state index is 0.208. The van der Waals surface area contributed by atoms with E-state index in [1.54, 1.807) is 13.1 Å². The fraction of sp³-hybridized carbons (Fsp3) is 0.250. The monoisotopic (exact) mass is 468 g/mol. The molecule has 178 valence electrons. The van der Waals surface area contributed by atoms with Gasteiger partial charge >= 0.3 is 5.76 Å². The zero-order valence-electron chi connectivity index (χ0n) is 19.8. The molecule has 0 radical (unpaired) electrons. The number of nitrogens with zero attached hydrogens (tertiary/aromatic N) is 2. The average Bonchev–Trinajstić information content (AvgIpc) is 3.16. The van der Waals surface area contributed by atoms with Gasteiger partial charge in [-0.2, -0.15) is 5.26 Å². The molecule has 7 nitrogen and oxygen atoms in total. The molecule has 1 heterocycles. The Morgan fingerprint density at radius 3 is 2.49 bits per heavy atom. The number of oxazole rings is 1. The SMILES string of the molecule is Cc1ccccc1C[C@H](CN)C(=O)N[C@H](C#N)Cc1ccc(-c2ccc3oc(=O)n(C)c3c2)cc1. The lowest BCUT2D eigenvalue weighted by molar-refractivity contribution is -0.125. The van der Waals surface area contributed by atoms with Crippen LogP contribution in [0.1, 0.15) is 16.7 Å². The highest BCUT2D eigenvalue weighted by Crippen LogP contribution is 2.24. The lowest BCUT2D eigenvalue weighted by Gasteiger charge is -2.19. The van der Waals surface area contributed by atoms with Crippen LogP contribution < -0.4 is 16.8 Å². The van der Waals surface area contributed by atoms with E-state index in [2.05, 4.69) is 11.4 Å². The lowest BCUT2D eigenvalue weighted by Crippen LogP contribution is -2.42. The molecule has 4 aromatic rings. The van der Waals surface area contributed by atoms with Gasteiger partial charge in [-0.05, 0) is 53.3 Å². The van der Waals surface area contributed by atoms with Gasteiger partial charge in [-0.1, -0.05) is 54.6 Å². The first-order valence-corrected chi connectivity index (χ1v) is 11.5. The summed E-state index contributed by atoms with van der Waals surface area (Å²) in [6, 6.07) is 22.9. The van der Waals surface area contributed by atoms with Gasteiger partial charge < -0.3 is 15.5 Å². The number of rotatable bonds is 8. The maximum absolute atomic E-state index is 12.9. The third-order valence-corrected chi connectivity index (χ3v) is 6.37. The predicted octanol–water partition coefficient (Wildman–Crippen LogP) is 3.48. The Labute approximate surface area is 203 Å². The Hall–Kier alpha value is -4.15. The Bertz CT molecular complexity index is 1440. The third-order valence-electron chi connectivity index (χ3n) is 6.37. The van der Waals surface area contributed by atoms with E-state index in [0.29, 0.717) is 18.4 Å². The third kappa shape index (κ3) is 5.34. The number of nitrogens with two attached hydrogens (primary N) is 1. The van der Waals surface area contributed by atoms with Gasteiger partial charge in [-0.15, -0.1) is 0 Å². The van der Waals surface area contributed by atoms with Crippen LogP contribution in [0.5, 0.6) is 0 Å². The largest absolute Gasteiger partial charge is 0.419 e. The number of nitriles is 1. The van der Waals surface area contributed by atoms with Gasteiger partial charge in [0.2, 0.25) is 5.91 Å². The molecule has 0 fully saturated rings. The van der Waals surface area contributed by atoms with Crippen molar-refractivity contribution in [2.75, 3.05) is 6.54 Å². The second-order valence-electron chi connectivity index (χ2n) is 8.76. The summed E-state index contributed by atoms with van der Waals surface area (Å²) >= 11 is 0. The number of aromatic nitrogens is 1. The van der Waals surface area contributed by atoms with Crippen LogP contribution in [-0.2, 0) is 24.7 Å². The summed E-state index contributed by atoms with van der Waals surface area (Å²) in [4.78, 5) is 24.6. The first kappa shape index (κ1) is 24.0. The van der Waals surface area contributed by atoms with Crippen molar-refractivity contribution in [3.05, 3.63) is 94.0 Å². The van der Waals surface area contributed by atoms with E-state index in [1.807, 2.05) is 67.6 Å². The van der Waals surface area contributed by atoms with Crippen molar-refractivity contribution in [3.8, 4) is 17.2 Å². The van der Waals surface area contributed by atoms with E-state index in [-0.39, 0.29) is 12.5 Å². The quantitative estimate of drug-likeness (QED) is 0.411. The van der Waals surface area contributed by atoms with Gasteiger partial charge in [0.05, 0.1) is 17.5 Å². The zero-order chi connectivity index (χ0) is 24.9. The van der Waals surface area contributed by atoms with Crippen LogP contribution in [0, 0.1) is 24.2 Å². The zero-order valence-corrected chi connectivity index (χ0v) is 19.8. The molecule has 0 spiro atoms. The standard InChI is InChI=1S/C28H28N4O3/c1-18-5-3-4-6-21(18)14-23(16-29)27(33)31-24(17-30)13-19-7-9-20(10-8-19)22-11-12-26-25(15-22)32(2)28(34)35-26/h3-12,15,23-24H,13-14,16,29H2,1-2H3,(H,31,33)/t23-,24+/m1/s1. The van der Waals surface area contributed by atoms with E-state index in [9.17, 15) is 14.9 Å². The molecule has 35 heavy (non-hydrogen) atoms. The molecule has 0 saturated heterocycles. The molecule has 3 N–H and O–H groups in total. The Morgan fingerprint density at radius 1 is 1.09 bits per heavy atom. The maximum atomic E-state index is 12.9. The number of carbonyl (C=O) groups is 1. The summed E-state index contributed by atoms with van der Waals surface area (Å²) in [5, 5.41) is 12.5. The van der Waals surface area contributed by atoms with Crippen LogP contribution in [0.2, 0.25) is 0 Å². The number of nitrogens with one attached hydrogen (secondary N) is 1. The van der Waals surface area contributed by atoms with Crippen LogP contribution in [0.4, 0.5) is 0 Å². The van der Waals surface area contributed by atoms with Crippen LogP contribution in [0.3, 0.4) is 0 Å². The van der Waals surface area contributed by atoms with Crippen LogP contribution >= 0.6 is 0 Å². The number of hydrogen-bond acceptors (Lipinski definition) is 5. The molecule has 0 unspecified atom stereocenters. The van der Waals surface area contributed by atoms with Gasteiger partial charge in [0.15, 0.2) is 5.58 Å². The van der Waals surface area contributed by atoms with E-state index in [1.165, 1.54) is 4.57 Å². The van der Waals surface area contributed by atoms with E-state index in [0.717, 1.165) is 33.3 Å². The van der Waals surface area contributed by atoms with Gasteiger partial charge in [0.1, 0.15) is 6.04 Å². The van der Waals surface area contributed by atoms with Crippen molar-refractivity contribution in [2.24, 2.45) is 18.7 Å². The summed E-state index contributed by atoms with van der Waals surface area (Å²) < 4.78 is 6.67. The number of benzene rings is 3. The fourth-order valence-electron chi connectivity index (χ4n) is 4.18. The normalized spacial score (nSPS) is 12.7. The highest BCUT2D eigenvalue weighted by atomic mass is 16.4. The molecule has 0 aliphatic carbocycles. The smallest absolute Gasteiger partial charge is 0.408 e. The maximum Gasteiger partial charge on any atom is 0.419 e. The number of hydrogen-bond donors (Lipinski definition) is 2. The molecule has 7 heteroatoms. The Kier molecular flexibility index (Phi) is 7.14. The molecule has 4 rings (SSSR count). The van der Waals surface area contributed by atoms with Crippen molar-refractivity contribution in [2.45, 2.75) is 25.8 Å². The predicted molar refractivity (Wildman–Crippen MR) is 136 cm³/mol. The molecule has 0 saturated carbocycles. The number of fused-ring (bicyclic) bond motifs is 1. The van der Waals surface area contributed by atoms with Gasteiger partial charge in [0.25, 0.3) is 0 Å². The van der Waals surface area contributed by atoms with Crippen molar-refractivity contribution in [1.29, 1.82) is 5.26 Å². The topological polar surface area (TPSA) is 114 Å². The van der Waals surface area contributed by atoms with E-state index >= 15 is 0 Å². The average molecular weight is 469 g/mol. The molecule has 3 aromatic carbocycles. The van der Waals surface area contributed by atoms with Crippen LogP contribution in [0.15, 0.2) is 75.9 Å². The molecule has 0 aliphatic rings. The first-order valence-electron chi connectivity index (χ1n) is 11.5. The molecule has 1 aromatic heterocycles. The molecular formula is C28H28N4O3. The van der Waals surface area contributed by atoms with Gasteiger partial charge in [0, 0.05) is 20.0 Å². The fourth-order valence-corrected chi connectivity index (χ4v) is 4.18.